The maximum absolute atomic E-state index is 11.8. The zero-order chi connectivity index (χ0) is 10.9. The van der Waals surface area contributed by atoms with Crippen molar-refractivity contribution >= 4 is 11.9 Å². The minimum atomic E-state index is -0.775. The molecular weight excluding hydrogens is 192 g/mol. The monoisotopic (exact) mass is 204 g/mol. The molecule has 15 heavy (non-hydrogen) atoms. The van der Waals surface area contributed by atoms with Crippen LogP contribution in [0.2, 0.25) is 0 Å². The summed E-state index contributed by atoms with van der Waals surface area (Å²) in [6, 6.07) is 3.66. The lowest BCUT2D eigenvalue weighted by Crippen LogP contribution is -2.40. The van der Waals surface area contributed by atoms with Gasteiger partial charge >= 0.3 is 0 Å². The molecule has 1 saturated heterocycles. The van der Waals surface area contributed by atoms with Gasteiger partial charge in [0, 0.05) is 25.0 Å². The van der Waals surface area contributed by atoms with Gasteiger partial charge in [-0.2, -0.15) is 0 Å². The van der Waals surface area contributed by atoms with Crippen molar-refractivity contribution in [1.82, 2.24) is 15.6 Å². The molecule has 78 valence electrons. The Balaban J connectivity index is 2.40. The van der Waals surface area contributed by atoms with Crippen molar-refractivity contribution in [1.29, 1.82) is 0 Å². The highest BCUT2D eigenvalue weighted by molar-refractivity contribution is 6.09. The van der Waals surface area contributed by atoms with Crippen molar-refractivity contribution in [2.45, 2.75) is 12.5 Å². The zero-order valence-corrected chi connectivity index (χ0v) is 8.61. The molecule has 1 amide bonds. The van der Waals surface area contributed by atoms with E-state index in [4.69, 9.17) is 0 Å². The number of nitrogens with zero attached hydrogens (tertiary/aromatic N) is 2. The van der Waals surface area contributed by atoms with Crippen LogP contribution in [0.4, 0.5) is 0 Å². The van der Waals surface area contributed by atoms with E-state index >= 15 is 0 Å². The quantitative estimate of drug-likeness (QED) is 0.676. The van der Waals surface area contributed by atoms with Crippen LogP contribution in [-0.4, -0.2) is 23.9 Å². The third-order valence-electron chi connectivity index (χ3n) is 2.52. The van der Waals surface area contributed by atoms with Gasteiger partial charge in [0.2, 0.25) is 0 Å². The summed E-state index contributed by atoms with van der Waals surface area (Å²) in [5.41, 5.74) is 0.0458. The predicted molar refractivity (Wildman–Crippen MR) is 56.2 cm³/mol. The van der Waals surface area contributed by atoms with Gasteiger partial charge in [-0.3, -0.25) is 20.1 Å². The van der Waals surface area contributed by atoms with Gasteiger partial charge in [0.05, 0.1) is 0 Å². The number of hydrogen-bond donors (Lipinski definition) is 2. The van der Waals surface area contributed by atoms with Crippen LogP contribution in [0.5, 0.6) is 0 Å². The highest BCUT2D eigenvalue weighted by Crippen LogP contribution is 2.22. The fraction of sp³-hybridized carbons (Fsp3) is 0.300. The summed E-state index contributed by atoms with van der Waals surface area (Å²) in [6.07, 6.45) is 3.35. The third-order valence-corrected chi connectivity index (χ3v) is 2.52. The van der Waals surface area contributed by atoms with E-state index < -0.39 is 5.54 Å². The van der Waals surface area contributed by atoms with Gasteiger partial charge < -0.3 is 5.32 Å². The maximum Gasteiger partial charge on any atom is 0.256 e. The molecule has 0 radical (unpaired) electrons. The Bertz CT molecular complexity index is 415. The van der Waals surface area contributed by atoms with Crippen LogP contribution < -0.4 is 10.6 Å². The Morgan fingerprint density at radius 3 is 2.87 bits per heavy atom. The lowest BCUT2D eigenvalue weighted by molar-refractivity contribution is -0.123. The summed E-state index contributed by atoms with van der Waals surface area (Å²) < 4.78 is 0. The van der Waals surface area contributed by atoms with E-state index in [0.717, 1.165) is 5.56 Å². The summed E-state index contributed by atoms with van der Waals surface area (Å²) in [5, 5.41) is 5.70. The van der Waals surface area contributed by atoms with Crippen molar-refractivity contribution in [3.8, 4) is 0 Å². The second kappa shape index (κ2) is 3.34. The Morgan fingerprint density at radius 1 is 1.53 bits per heavy atom. The second-order valence-corrected chi connectivity index (χ2v) is 3.52. The Morgan fingerprint density at radius 2 is 2.33 bits per heavy atom. The summed E-state index contributed by atoms with van der Waals surface area (Å²) in [6.45, 7) is 1.80. The zero-order valence-electron chi connectivity index (χ0n) is 8.61. The van der Waals surface area contributed by atoms with Crippen LogP contribution in [-0.2, 0) is 10.3 Å². The normalized spacial score (nSPS) is 27.6. The highest BCUT2D eigenvalue weighted by atomic mass is 16.2. The average Bonchev–Trinajstić information content (AvgIpc) is 2.57. The molecule has 5 nitrogen and oxygen atoms in total. The molecule has 0 bridgehead atoms. The molecule has 2 heterocycles. The van der Waals surface area contributed by atoms with Gasteiger partial charge in [0.15, 0.2) is 5.96 Å². The molecule has 1 aromatic rings. The number of pyridine rings is 1. The Hall–Kier alpha value is -1.91. The maximum atomic E-state index is 11.8. The molecule has 1 atom stereocenters. The number of carbonyl (C=O) groups excluding carboxylic acids is 1. The molecule has 5 heteroatoms. The van der Waals surface area contributed by atoms with E-state index in [2.05, 4.69) is 20.6 Å². The molecule has 2 N–H and O–H groups in total. The number of aromatic nitrogens is 1. The summed E-state index contributed by atoms with van der Waals surface area (Å²) >= 11 is 0. The lowest BCUT2D eigenvalue weighted by Gasteiger charge is -2.20. The molecule has 0 saturated carbocycles. The van der Waals surface area contributed by atoms with Gasteiger partial charge in [-0.1, -0.05) is 6.07 Å². The van der Waals surface area contributed by atoms with Gasteiger partial charge in [-0.25, -0.2) is 0 Å². The number of nitrogens with one attached hydrogen (secondary N) is 2. The van der Waals surface area contributed by atoms with Crippen LogP contribution in [0, 0.1) is 0 Å². The molecule has 1 aliphatic rings. The number of aliphatic imine (C=N–C) groups is 1. The third kappa shape index (κ3) is 1.45. The molecule has 1 aliphatic heterocycles. The van der Waals surface area contributed by atoms with E-state index in [1.54, 1.807) is 32.4 Å². The van der Waals surface area contributed by atoms with Crippen LogP contribution in [0.15, 0.2) is 29.5 Å². The first-order valence-electron chi connectivity index (χ1n) is 4.64. The van der Waals surface area contributed by atoms with Gasteiger partial charge in [0.1, 0.15) is 5.54 Å². The van der Waals surface area contributed by atoms with Gasteiger partial charge in [-0.15, -0.1) is 0 Å². The Kier molecular flexibility index (Phi) is 2.15. The highest BCUT2D eigenvalue weighted by Gasteiger charge is 2.42. The molecule has 0 spiro atoms. The van der Waals surface area contributed by atoms with Crippen LogP contribution in [0.25, 0.3) is 0 Å². The number of guanidine groups is 1. The number of rotatable bonds is 1. The fourth-order valence-electron chi connectivity index (χ4n) is 1.53. The van der Waals surface area contributed by atoms with Gasteiger partial charge in [-0.05, 0) is 13.0 Å². The minimum Gasteiger partial charge on any atom is -0.338 e. The lowest BCUT2D eigenvalue weighted by atomic mass is 9.94. The topological polar surface area (TPSA) is 66.4 Å². The van der Waals surface area contributed by atoms with Crippen LogP contribution >= 0.6 is 0 Å². The molecule has 1 fully saturated rings. The van der Waals surface area contributed by atoms with Crippen molar-refractivity contribution in [2.24, 2.45) is 4.99 Å². The van der Waals surface area contributed by atoms with Gasteiger partial charge in [0.25, 0.3) is 5.91 Å². The van der Waals surface area contributed by atoms with E-state index in [1.165, 1.54) is 0 Å². The van der Waals surface area contributed by atoms with E-state index in [0.29, 0.717) is 5.96 Å². The molecule has 0 aliphatic carbocycles. The second-order valence-electron chi connectivity index (χ2n) is 3.52. The smallest absolute Gasteiger partial charge is 0.256 e. The number of carbonyl (C=O) groups is 1. The van der Waals surface area contributed by atoms with Crippen molar-refractivity contribution in [3.63, 3.8) is 0 Å². The molecule has 1 unspecified atom stereocenters. The first-order valence-corrected chi connectivity index (χ1v) is 4.64. The van der Waals surface area contributed by atoms with Crippen molar-refractivity contribution < 1.29 is 4.79 Å². The summed E-state index contributed by atoms with van der Waals surface area (Å²) in [7, 11) is 1.62. The number of hydrogen-bond acceptors (Lipinski definition) is 3. The first-order chi connectivity index (χ1) is 7.16. The fourth-order valence-corrected chi connectivity index (χ4v) is 1.53. The molecule has 2 rings (SSSR count). The standard InChI is InChI=1S/C10H12N4O/c1-10(7-4-3-5-12-6-7)8(15)13-9(11-2)14-10/h3-6H,1-2H3,(H2,11,13,14,15). The number of amides is 1. The van der Waals surface area contributed by atoms with E-state index in [9.17, 15) is 4.79 Å². The first kappa shape index (κ1) is 9.64. The summed E-state index contributed by atoms with van der Waals surface area (Å²) in [4.78, 5) is 19.7. The molecule has 0 aromatic carbocycles. The van der Waals surface area contributed by atoms with E-state index in [1.807, 2.05) is 6.07 Å². The largest absolute Gasteiger partial charge is 0.338 e. The van der Waals surface area contributed by atoms with Crippen LogP contribution in [0.3, 0.4) is 0 Å². The molecule has 1 aromatic heterocycles. The van der Waals surface area contributed by atoms with Crippen molar-refractivity contribution in [2.75, 3.05) is 7.05 Å². The molecular formula is C10H12N4O. The van der Waals surface area contributed by atoms with E-state index in [-0.39, 0.29) is 5.91 Å². The predicted octanol–water partition coefficient (Wildman–Crippen LogP) is 0.00200. The summed E-state index contributed by atoms with van der Waals surface area (Å²) in [5.74, 6) is 0.377. The van der Waals surface area contributed by atoms with Crippen molar-refractivity contribution in [3.05, 3.63) is 30.1 Å². The average molecular weight is 204 g/mol. The van der Waals surface area contributed by atoms with Crippen LogP contribution in [0.1, 0.15) is 12.5 Å². The SMILES string of the molecule is CN=C1NC(=O)C(C)(c2cccnc2)N1. The minimum absolute atomic E-state index is 0.115. The Labute approximate surface area is 87.6 Å².